The molecule has 1 aliphatic rings. The number of hydrogen-bond acceptors (Lipinski definition) is 3. The van der Waals surface area contributed by atoms with Gasteiger partial charge in [0.05, 0.1) is 6.04 Å². The lowest BCUT2D eigenvalue weighted by Crippen LogP contribution is -2.49. The van der Waals surface area contributed by atoms with Gasteiger partial charge in [-0.25, -0.2) is 4.98 Å². The molecule has 1 amide bonds. The zero-order chi connectivity index (χ0) is 16.7. The van der Waals surface area contributed by atoms with Gasteiger partial charge >= 0.3 is 0 Å². The number of amides is 1. The van der Waals surface area contributed by atoms with Crippen molar-refractivity contribution in [2.24, 2.45) is 7.05 Å². The highest BCUT2D eigenvalue weighted by Gasteiger charge is 2.31. The van der Waals surface area contributed by atoms with E-state index < -0.39 is 0 Å². The number of carbonyl (C=O) groups excluding carboxylic acids is 1. The summed E-state index contributed by atoms with van der Waals surface area (Å²) in [6, 6.07) is 10.0. The molecule has 1 aliphatic heterocycles. The van der Waals surface area contributed by atoms with Crippen LogP contribution < -0.4 is 0 Å². The second-order valence-electron chi connectivity index (χ2n) is 6.41. The van der Waals surface area contributed by atoms with Crippen molar-refractivity contribution in [3.63, 3.8) is 0 Å². The van der Waals surface area contributed by atoms with E-state index in [-0.39, 0.29) is 11.9 Å². The number of para-hydroxylation sites is 1. The van der Waals surface area contributed by atoms with Gasteiger partial charge in [-0.1, -0.05) is 18.2 Å². The van der Waals surface area contributed by atoms with E-state index in [0.29, 0.717) is 12.2 Å². The first-order chi connectivity index (χ1) is 11.6. The number of aromatic amines is 1. The monoisotopic (exact) mass is 323 g/mol. The summed E-state index contributed by atoms with van der Waals surface area (Å²) < 4.78 is 2.03. The van der Waals surface area contributed by atoms with Gasteiger partial charge in [-0.3, -0.25) is 9.69 Å². The van der Waals surface area contributed by atoms with Gasteiger partial charge in [0.1, 0.15) is 11.5 Å². The lowest BCUT2D eigenvalue weighted by Gasteiger charge is -2.38. The van der Waals surface area contributed by atoms with Gasteiger partial charge < -0.3 is 14.5 Å². The average molecular weight is 323 g/mol. The van der Waals surface area contributed by atoms with E-state index in [1.54, 1.807) is 0 Å². The molecule has 0 spiro atoms. The molecule has 1 saturated heterocycles. The topological polar surface area (TPSA) is 57.2 Å². The first-order valence-corrected chi connectivity index (χ1v) is 8.18. The van der Waals surface area contributed by atoms with Crippen LogP contribution in [0.15, 0.2) is 42.7 Å². The molecule has 4 rings (SSSR count). The van der Waals surface area contributed by atoms with Gasteiger partial charge in [-0.2, -0.15) is 0 Å². The summed E-state index contributed by atoms with van der Waals surface area (Å²) in [6.45, 7) is 2.21. The van der Waals surface area contributed by atoms with E-state index >= 15 is 0 Å². The summed E-state index contributed by atoms with van der Waals surface area (Å²) in [7, 11) is 4.08. The third kappa shape index (κ3) is 2.49. The smallest absolute Gasteiger partial charge is 0.270 e. The Kier molecular flexibility index (Phi) is 3.61. The largest absolute Gasteiger partial charge is 0.351 e. The number of carbonyl (C=O) groups is 1. The fourth-order valence-electron chi connectivity index (χ4n) is 3.39. The molecule has 0 bridgehead atoms. The van der Waals surface area contributed by atoms with Gasteiger partial charge in [0.25, 0.3) is 5.91 Å². The first kappa shape index (κ1) is 15.0. The average Bonchev–Trinajstić information content (AvgIpc) is 3.20. The van der Waals surface area contributed by atoms with Gasteiger partial charge in [0.15, 0.2) is 0 Å². The van der Waals surface area contributed by atoms with Gasteiger partial charge in [-0.05, 0) is 19.2 Å². The molecule has 1 atom stereocenters. The van der Waals surface area contributed by atoms with Crippen LogP contribution in [0.2, 0.25) is 0 Å². The molecule has 2 aromatic heterocycles. The summed E-state index contributed by atoms with van der Waals surface area (Å²) in [6.07, 6.45) is 3.75. The van der Waals surface area contributed by atoms with Crippen LogP contribution in [0.25, 0.3) is 10.9 Å². The molecule has 0 unspecified atom stereocenters. The van der Waals surface area contributed by atoms with Gasteiger partial charge in [-0.15, -0.1) is 0 Å². The van der Waals surface area contributed by atoms with Crippen LogP contribution in [0.1, 0.15) is 22.4 Å². The molecular weight excluding hydrogens is 302 g/mol. The fourth-order valence-corrected chi connectivity index (χ4v) is 3.39. The highest BCUT2D eigenvalue weighted by atomic mass is 16.2. The normalized spacial score (nSPS) is 19.1. The van der Waals surface area contributed by atoms with Crippen LogP contribution in [0.3, 0.4) is 0 Å². The number of nitrogens with one attached hydrogen (secondary N) is 1. The fraction of sp³-hybridized carbons (Fsp3) is 0.333. The molecule has 1 fully saturated rings. The number of rotatable bonds is 2. The molecule has 6 nitrogen and oxygen atoms in total. The first-order valence-electron chi connectivity index (χ1n) is 8.18. The van der Waals surface area contributed by atoms with Crippen molar-refractivity contribution in [3.8, 4) is 0 Å². The molecule has 0 radical (unpaired) electrons. The Morgan fingerprint density at radius 3 is 2.83 bits per heavy atom. The number of aryl methyl sites for hydroxylation is 1. The Morgan fingerprint density at radius 2 is 2.08 bits per heavy atom. The van der Waals surface area contributed by atoms with Crippen LogP contribution >= 0.6 is 0 Å². The Balaban J connectivity index is 1.59. The Bertz CT molecular complexity index is 847. The van der Waals surface area contributed by atoms with E-state index in [1.165, 1.54) is 0 Å². The van der Waals surface area contributed by atoms with Crippen molar-refractivity contribution < 1.29 is 4.79 Å². The number of benzene rings is 1. The number of piperazine rings is 1. The minimum atomic E-state index is 0.0542. The van der Waals surface area contributed by atoms with Crippen molar-refractivity contribution in [2.45, 2.75) is 6.04 Å². The van der Waals surface area contributed by atoms with Crippen molar-refractivity contribution >= 4 is 16.8 Å². The standard InChI is InChI=1S/C18H21N5O/c1-21-9-10-23(12-16(21)17-19-7-8-22(17)2)18(24)15-11-13-5-3-4-6-14(13)20-15/h3-8,11,16,20H,9-10,12H2,1-2H3/t16-/m1/s1. The summed E-state index contributed by atoms with van der Waals surface area (Å²) in [4.78, 5) is 24.8. The van der Waals surface area contributed by atoms with Crippen molar-refractivity contribution in [2.75, 3.05) is 26.7 Å². The highest BCUT2D eigenvalue weighted by Crippen LogP contribution is 2.24. The van der Waals surface area contributed by atoms with Crippen molar-refractivity contribution in [1.29, 1.82) is 0 Å². The molecule has 24 heavy (non-hydrogen) atoms. The third-order valence-electron chi connectivity index (χ3n) is 4.85. The maximum Gasteiger partial charge on any atom is 0.270 e. The lowest BCUT2D eigenvalue weighted by molar-refractivity contribution is 0.0524. The Hall–Kier alpha value is -2.60. The maximum atomic E-state index is 12.9. The number of H-pyrrole nitrogens is 1. The van der Waals surface area contributed by atoms with E-state index in [9.17, 15) is 4.79 Å². The van der Waals surface area contributed by atoms with Crippen molar-refractivity contribution in [3.05, 3.63) is 54.2 Å². The SMILES string of the molecule is CN1CCN(C(=O)c2cc3ccccc3[nH]2)C[C@@H]1c1nccn1C. The number of likely N-dealkylation sites (N-methyl/N-ethyl adjacent to an activating group) is 1. The molecule has 0 aliphatic carbocycles. The van der Waals surface area contributed by atoms with E-state index in [4.69, 9.17) is 0 Å². The van der Waals surface area contributed by atoms with Crippen LogP contribution in [-0.4, -0.2) is 56.9 Å². The minimum absolute atomic E-state index is 0.0542. The van der Waals surface area contributed by atoms with Crippen LogP contribution in [0.5, 0.6) is 0 Å². The maximum absolute atomic E-state index is 12.9. The summed E-state index contributed by atoms with van der Waals surface area (Å²) in [5.41, 5.74) is 1.65. The number of aromatic nitrogens is 3. The number of fused-ring (bicyclic) bond motifs is 1. The summed E-state index contributed by atoms with van der Waals surface area (Å²) in [5.74, 6) is 1.05. The van der Waals surface area contributed by atoms with E-state index in [1.807, 2.05) is 59.2 Å². The van der Waals surface area contributed by atoms with E-state index in [0.717, 1.165) is 29.8 Å². The zero-order valence-electron chi connectivity index (χ0n) is 13.9. The Morgan fingerprint density at radius 1 is 1.25 bits per heavy atom. The predicted molar refractivity (Wildman–Crippen MR) is 92.8 cm³/mol. The molecule has 124 valence electrons. The molecule has 1 N–H and O–H groups in total. The molecule has 6 heteroatoms. The predicted octanol–water partition coefficient (Wildman–Crippen LogP) is 2.03. The van der Waals surface area contributed by atoms with Gasteiger partial charge in [0.2, 0.25) is 0 Å². The van der Waals surface area contributed by atoms with Crippen LogP contribution in [-0.2, 0) is 7.05 Å². The zero-order valence-corrected chi connectivity index (χ0v) is 13.9. The lowest BCUT2D eigenvalue weighted by atomic mass is 10.1. The second-order valence-corrected chi connectivity index (χ2v) is 6.41. The quantitative estimate of drug-likeness (QED) is 0.785. The third-order valence-corrected chi connectivity index (χ3v) is 4.85. The summed E-state index contributed by atoms with van der Waals surface area (Å²) in [5, 5.41) is 1.07. The number of hydrogen-bond donors (Lipinski definition) is 1. The second kappa shape index (κ2) is 5.79. The number of nitrogens with zero attached hydrogens (tertiary/aromatic N) is 4. The Labute approximate surface area is 140 Å². The van der Waals surface area contributed by atoms with E-state index in [2.05, 4.69) is 21.9 Å². The molecule has 0 saturated carbocycles. The van der Waals surface area contributed by atoms with Gasteiger partial charge in [0, 0.05) is 50.0 Å². The molecule has 3 aromatic rings. The molecule has 1 aromatic carbocycles. The highest BCUT2D eigenvalue weighted by molar-refractivity contribution is 5.98. The summed E-state index contributed by atoms with van der Waals surface area (Å²) >= 11 is 0. The van der Waals surface area contributed by atoms with Crippen LogP contribution in [0.4, 0.5) is 0 Å². The van der Waals surface area contributed by atoms with Crippen molar-refractivity contribution in [1.82, 2.24) is 24.3 Å². The van der Waals surface area contributed by atoms with Crippen LogP contribution in [0, 0.1) is 0 Å². The molecular formula is C18H21N5O. The molecule has 3 heterocycles. The minimum Gasteiger partial charge on any atom is -0.351 e. The number of imidazole rings is 1.